The third kappa shape index (κ3) is 5.10. The smallest absolute Gasteiger partial charge is 0.312 e. The van der Waals surface area contributed by atoms with Crippen LogP contribution in [0.15, 0.2) is 42.5 Å². The van der Waals surface area contributed by atoms with Crippen molar-refractivity contribution in [1.82, 2.24) is 15.1 Å². The minimum atomic E-state index is -0.419. The van der Waals surface area contributed by atoms with E-state index in [0.29, 0.717) is 25.2 Å². The summed E-state index contributed by atoms with van der Waals surface area (Å²) in [6.45, 7) is 7.63. The molecule has 1 atom stereocenters. The molecule has 2 aromatic rings. The van der Waals surface area contributed by atoms with Crippen molar-refractivity contribution in [1.29, 1.82) is 0 Å². The van der Waals surface area contributed by atoms with Gasteiger partial charge in [0.15, 0.2) is 0 Å². The molecule has 3 amide bonds. The van der Waals surface area contributed by atoms with Crippen LogP contribution in [0.1, 0.15) is 71.3 Å². The molecule has 0 aromatic heterocycles. The first-order valence-corrected chi connectivity index (χ1v) is 11.9. The molecule has 0 radical (unpaired) electrons. The Bertz CT molecular complexity index is 1040. The molecule has 4 rings (SSSR count). The van der Waals surface area contributed by atoms with Crippen LogP contribution in [0.2, 0.25) is 0 Å². The van der Waals surface area contributed by atoms with Crippen LogP contribution in [-0.4, -0.2) is 46.7 Å². The zero-order valence-corrected chi connectivity index (χ0v) is 19.8. The van der Waals surface area contributed by atoms with Gasteiger partial charge in [-0.1, -0.05) is 48.7 Å². The maximum absolute atomic E-state index is 12.7. The second-order valence-corrected chi connectivity index (χ2v) is 9.42. The Hall–Kier alpha value is -3.15. The van der Waals surface area contributed by atoms with Gasteiger partial charge in [0.2, 0.25) is 0 Å². The molecule has 1 saturated carbocycles. The topological polar surface area (TPSA) is 69.7 Å². The van der Waals surface area contributed by atoms with Crippen LogP contribution < -0.4 is 5.32 Å². The number of nitrogens with one attached hydrogen (secondary N) is 1. The molecule has 6 nitrogen and oxygen atoms in total. The second kappa shape index (κ2) is 9.77. The lowest BCUT2D eigenvalue weighted by atomic mass is 10.00. The van der Waals surface area contributed by atoms with Crippen LogP contribution in [0.25, 0.3) is 0 Å². The number of hydrogen-bond acceptors (Lipinski definition) is 3. The van der Waals surface area contributed by atoms with Gasteiger partial charge in [-0.15, -0.1) is 0 Å². The van der Waals surface area contributed by atoms with Gasteiger partial charge in [-0.2, -0.15) is 0 Å². The highest BCUT2D eigenvalue weighted by Crippen LogP contribution is 2.25. The Morgan fingerprint density at radius 3 is 2.36 bits per heavy atom. The Morgan fingerprint density at radius 1 is 1.00 bits per heavy atom. The summed E-state index contributed by atoms with van der Waals surface area (Å²) in [5, 5.41) is 3.06. The standard InChI is InChI=1S/C27H33N3O3/c1-18-8-13-24(19(2)16-18)20(3)28-25(31)22-11-9-21(10-12-22)17-29-14-15-30(27(33)26(29)32)23-6-4-5-7-23/h8-13,16,20,23H,4-7,14-15,17H2,1-3H3,(H,28,31)/t20-/m1/s1. The Labute approximate surface area is 196 Å². The molecule has 0 bridgehead atoms. The van der Waals surface area contributed by atoms with Crippen LogP contribution in [0, 0.1) is 13.8 Å². The third-order valence-electron chi connectivity index (χ3n) is 6.94. The minimum Gasteiger partial charge on any atom is -0.346 e. The van der Waals surface area contributed by atoms with E-state index in [1.807, 2.05) is 19.1 Å². The molecule has 0 spiro atoms. The number of carbonyl (C=O) groups is 3. The van der Waals surface area contributed by atoms with Crippen molar-refractivity contribution in [2.24, 2.45) is 0 Å². The number of nitrogens with zero attached hydrogens (tertiary/aromatic N) is 2. The summed E-state index contributed by atoms with van der Waals surface area (Å²) in [6, 6.07) is 13.6. The molecular formula is C27H33N3O3. The molecule has 33 heavy (non-hydrogen) atoms. The van der Waals surface area contributed by atoms with Crippen molar-refractivity contribution in [2.45, 2.75) is 65.1 Å². The van der Waals surface area contributed by atoms with Gasteiger partial charge in [0.25, 0.3) is 5.91 Å². The predicted molar refractivity (Wildman–Crippen MR) is 128 cm³/mol. The van der Waals surface area contributed by atoms with E-state index in [2.05, 4.69) is 37.4 Å². The molecule has 1 aliphatic carbocycles. The van der Waals surface area contributed by atoms with Gasteiger partial charge in [-0.05, 0) is 62.4 Å². The van der Waals surface area contributed by atoms with E-state index < -0.39 is 5.91 Å². The number of piperazine rings is 1. The summed E-state index contributed by atoms with van der Waals surface area (Å²) < 4.78 is 0. The highest BCUT2D eigenvalue weighted by Gasteiger charge is 2.37. The second-order valence-electron chi connectivity index (χ2n) is 9.42. The van der Waals surface area contributed by atoms with Crippen molar-refractivity contribution in [3.8, 4) is 0 Å². The predicted octanol–water partition coefficient (Wildman–Crippen LogP) is 3.91. The van der Waals surface area contributed by atoms with E-state index in [9.17, 15) is 14.4 Å². The average molecular weight is 448 g/mol. The number of benzene rings is 2. The van der Waals surface area contributed by atoms with Gasteiger partial charge < -0.3 is 15.1 Å². The fraction of sp³-hybridized carbons (Fsp3) is 0.444. The van der Waals surface area contributed by atoms with E-state index in [1.165, 1.54) is 5.56 Å². The molecule has 1 saturated heterocycles. The van der Waals surface area contributed by atoms with Crippen LogP contribution in [-0.2, 0) is 16.1 Å². The molecule has 1 heterocycles. The number of amides is 3. The highest BCUT2D eigenvalue weighted by atomic mass is 16.2. The largest absolute Gasteiger partial charge is 0.346 e. The van der Waals surface area contributed by atoms with E-state index in [4.69, 9.17) is 0 Å². The van der Waals surface area contributed by atoms with E-state index >= 15 is 0 Å². The first kappa shape index (κ1) is 23.0. The molecule has 2 aliphatic rings. The van der Waals surface area contributed by atoms with Crippen LogP contribution >= 0.6 is 0 Å². The molecule has 2 aromatic carbocycles. The number of aryl methyl sites for hydroxylation is 2. The molecule has 1 aliphatic heterocycles. The molecule has 1 N–H and O–H groups in total. The van der Waals surface area contributed by atoms with Crippen LogP contribution in [0.4, 0.5) is 0 Å². The highest BCUT2D eigenvalue weighted by molar-refractivity contribution is 6.35. The summed E-state index contributed by atoms with van der Waals surface area (Å²) in [5.74, 6) is -0.924. The fourth-order valence-electron chi connectivity index (χ4n) is 5.06. The minimum absolute atomic E-state index is 0.0995. The zero-order chi connectivity index (χ0) is 23.5. The van der Waals surface area contributed by atoms with Crippen LogP contribution in [0.5, 0.6) is 0 Å². The third-order valence-corrected chi connectivity index (χ3v) is 6.94. The maximum Gasteiger partial charge on any atom is 0.312 e. The van der Waals surface area contributed by atoms with Crippen molar-refractivity contribution in [2.75, 3.05) is 13.1 Å². The van der Waals surface area contributed by atoms with Gasteiger partial charge in [0.05, 0.1) is 6.04 Å². The lowest BCUT2D eigenvalue weighted by Gasteiger charge is -2.37. The quantitative estimate of drug-likeness (QED) is 0.683. The molecule has 174 valence electrons. The molecular weight excluding hydrogens is 414 g/mol. The SMILES string of the molecule is Cc1ccc([C@@H](C)NC(=O)c2ccc(CN3CCN(C4CCCC4)C(=O)C3=O)cc2)c(C)c1. The van der Waals surface area contributed by atoms with E-state index in [-0.39, 0.29) is 23.9 Å². The lowest BCUT2D eigenvalue weighted by molar-refractivity contribution is -0.158. The summed E-state index contributed by atoms with van der Waals surface area (Å²) in [6.07, 6.45) is 4.28. The summed E-state index contributed by atoms with van der Waals surface area (Å²) in [7, 11) is 0. The lowest BCUT2D eigenvalue weighted by Crippen LogP contribution is -2.56. The van der Waals surface area contributed by atoms with Gasteiger partial charge in [0, 0.05) is 31.2 Å². The zero-order valence-electron chi connectivity index (χ0n) is 19.8. The van der Waals surface area contributed by atoms with Crippen molar-refractivity contribution >= 4 is 17.7 Å². The van der Waals surface area contributed by atoms with Crippen molar-refractivity contribution in [3.63, 3.8) is 0 Å². The summed E-state index contributed by atoms with van der Waals surface area (Å²) in [4.78, 5) is 41.4. The van der Waals surface area contributed by atoms with Crippen LogP contribution in [0.3, 0.4) is 0 Å². The van der Waals surface area contributed by atoms with Crippen molar-refractivity contribution < 1.29 is 14.4 Å². The van der Waals surface area contributed by atoms with E-state index in [0.717, 1.165) is 42.4 Å². The van der Waals surface area contributed by atoms with Gasteiger partial charge in [-0.25, -0.2) is 0 Å². The van der Waals surface area contributed by atoms with Crippen molar-refractivity contribution in [3.05, 3.63) is 70.3 Å². The first-order valence-electron chi connectivity index (χ1n) is 11.9. The Morgan fingerprint density at radius 2 is 1.70 bits per heavy atom. The summed E-state index contributed by atoms with van der Waals surface area (Å²) >= 11 is 0. The Kier molecular flexibility index (Phi) is 6.82. The normalized spacial score (nSPS) is 18.0. The molecule has 0 unspecified atom stereocenters. The van der Waals surface area contributed by atoms with Gasteiger partial charge in [-0.3, -0.25) is 14.4 Å². The molecule has 2 fully saturated rings. The number of hydrogen-bond donors (Lipinski definition) is 1. The Balaban J connectivity index is 1.34. The van der Waals surface area contributed by atoms with Gasteiger partial charge >= 0.3 is 11.8 Å². The molecule has 6 heteroatoms. The first-order chi connectivity index (χ1) is 15.8. The fourth-order valence-corrected chi connectivity index (χ4v) is 5.06. The monoisotopic (exact) mass is 447 g/mol. The maximum atomic E-state index is 12.7. The van der Waals surface area contributed by atoms with Gasteiger partial charge in [0.1, 0.15) is 0 Å². The summed E-state index contributed by atoms with van der Waals surface area (Å²) in [5.41, 5.74) is 4.94. The average Bonchev–Trinajstić information content (AvgIpc) is 3.32. The number of carbonyl (C=O) groups excluding carboxylic acids is 3. The van der Waals surface area contributed by atoms with E-state index in [1.54, 1.807) is 21.9 Å². The number of rotatable bonds is 6.